The van der Waals surface area contributed by atoms with Gasteiger partial charge in [-0.3, -0.25) is 4.68 Å². The lowest BCUT2D eigenvalue weighted by Gasteiger charge is -2.45. The highest BCUT2D eigenvalue weighted by molar-refractivity contribution is 5.13. The summed E-state index contributed by atoms with van der Waals surface area (Å²) in [4.78, 5) is 0. The Balaban J connectivity index is 2.17. The third kappa shape index (κ3) is 2.84. The standard InChI is InChI=1S/C15H27N3O/c1-4-18-10-12(9-17-18)13(19)15(11-16)7-5-14(2,3)6-8-15/h9-10,13,19H,4-8,11,16H2,1-3H3. The van der Waals surface area contributed by atoms with Crippen LogP contribution in [0.1, 0.15) is 58.1 Å². The molecule has 1 aromatic rings. The van der Waals surface area contributed by atoms with Crippen LogP contribution in [0.25, 0.3) is 0 Å². The molecule has 1 unspecified atom stereocenters. The van der Waals surface area contributed by atoms with Crippen LogP contribution in [0.4, 0.5) is 0 Å². The highest BCUT2D eigenvalue weighted by atomic mass is 16.3. The van der Waals surface area contributed by atoms with Crippen molar-refractivity contribution in [3.8, 4) is 0 Å². The average molecular weight is 265 g/mol. The summed E-state index contributed by atoms with van der Waals surface area (Å²) in [7, 11) is 0. The molecule has 1 fully saturated rings. The van der Waals surface area contributed by atoms with Gasteiger partial charge in [0.25, 0.3) is 0 Å². The van der Waals surface area contributed by atoms with Gasteiger partial charge in [0.1, 0.15) is 0 Å². The van der Waals surface area contributed by atoms with Gasteiger partial charge in [0.15, 0.2) is 0 Å². The van der Waals surface area contributed by atoms with Gasteiger partial charge in [-0.15, -0.1) is 0 Å². The van der Waals surface area contributed by atoms with Crippen molar-refractivity contribution in [2.75, 3.05) is 6.54 Å². The number of nitrogens with zero attached hydrogens (tertiary/aromatic N) is 2. The van der Waals surface area contributed by atoms with Crippen molar-refractivity contribution in [3.05, 3.63) is 18.0 Å². The maximum absolute atomic E-state index is 10.7. The minimum atomic E-state index is -0.492. The summed E-state index contributed by atoms with van der Waals surface area (Å²) >= 11 is 0. The molecule has 1 heterocycles. The molecule has 0 saturated heterocycles. The zero-order valence-electron chi connectivity index (χ0n) is 12.4. The topological polar surface area (TPSA) is 64.1 Å². The maximum Gasteiger partial charge on any atom is 0.0888 e. The van der Waals surface area contributed by atoms with Gasteiger partial charge in [-0.2, -0.15) is 5.10 Å². The van der Waals surface area contributed by atoms with E-state index in [4.69, 9.17) is 5.73 Å². The van der Waals surface area contributed by atoms with E-state index < -0.39 is 6.10 Å². The molecule has 1 saturated carbocycles. The Morgan fingerprint density at radius 2 is 2.00 bits per heavy atom. The van der Waals surface area contributed by atoms with E-state index in [0.29, 0.717) is 12.0 Å². The number of rotatable bonds is 4. The normalized spacial score (nSPS) is 23.2. The number of aromatic nitrogens is 2. The van der Waals surface area contributed by atoms with Crippen LogP contribution in [0.2, 0.25) is 0 Å². The van der Waals surface area contributed by atoms with E-state index in [-0.39, 0.29) is 5.41 Å². The first-order valence-corrected chi connectivity index (χ1v) is 7.33. The molecule has 19 heavy (non-hydrogen) atoms. The van der Waals surface area contributed by atoms with Crippen molar-refractivity contribution in [2.45, 2.75) is 59.1 Å². The highest BCUT2D eigenvalue weighted by Crippen LogP contribution is 2.50. The summed E-state index contributed by atoms with van der Waals surface area (Å²) < 4.78 is 1.86. The Bertz CT molecular complexity index is 415. The zero-order valence-corrected chi connectivity index (χ0v) is 12.4. The van der Waals surface area contributed by atoms with Gasteiger partial charge in [-0.05, 0) is 38.0 Å². The molecular formula is C15H27N3O. The van der Waals surface area contributed by atoms with E-state index in [0.717, 1.165) is 37.8 Å². The summed E-state index contributed by atoms with van der Waals surface area (Å²) in [5, 5.41) is 15.0. The molecule has 108 valence electrons. The fraction of sp³-hybridized carbons (Fsp3) is 0.800. The number of hydrogen-bond acceptors (Lipinski definition) is 3. The Hall–Kier alpha value is -0.870. The average Bonchev–Trinajstić information content (AvgIpc) is 2.87. The second-order valence-corrected chi connectivity index (χ2v) is 6.76. The first kappa shape index (κ1) is 14.5. The second-order valence-electron chi connectivity index (χ2n) is 6.76. The zero-order chi connectivity index (χ0) is 14.1. The van der Waals surface area contributed by atoms with Crippen LogP contribution in [0.3, 0.4) is 0 Å². The smallest absolute Gasteiger partial charge is 0.0888 e. The summed E-state index contributed by atoms with van der Waals surface area (Å²) in [6.07, 6.45) is 7.48. The van der Waals surface area contributed by atoms with Gasteiger partial charge in [0.05, 0.1) is 12.3 Å². The van der Waals surface area contributed by atoms with Gasteiger partial charge < -0.3 is 10.8 Å². The largest absolute Gasteiger partial charge is 0.388 e. The molecule has 0 spiro atoms. The molecule has 3 N–H and O–H groups in total. The van der Waals surface area contributed by atoms with Crippen molar-refractivity contribution < 1.29 is 5.11 Å². The summed E-state index contributed by atoms with van der Waals surface area (Å²) in [6.45, 7) is 8.02. The predicted molar refractivity (Wildman–Crippen MR) is 76.6 cm³/mol. The van der Waals surface area contributed by atoms with Crippen LogP contribution in [-0.4, -0.2) is 21.4 Å². The van der Waals surface area contributed by atoms with Crippen molar-refractivity contribution in [1.82, 2.24) is 9.78 Å². The van der Waals surface area contributed by atoms with Crippen molar-refractivity contribution in [3.63, 3.8) is 0 Å². The third-order valence-electron chi connectivity index (χ3n) is 4.88. The molecule has 0 amide bonds. The molecule has 4 heteroatoms. The monoisotopic (exact) mass is 265 g/mol. The molecule has 0 radical (unpaired) electrons. The summed E-state index contributed by atoms with van der Waals surface area (Å²) in [5.74, 6) is 0. The van der Waals surface area contributed by atoms with Gasteiger partial charge >= 0.3 is 0 Å². The van der Waals surface area contributed by atoms with Crippen LogP contribution in [0, 0.1) is 10.8 Å². The van der Waals surface area contributed by atoms with Crippen LogP contribution >= 0.6 is 0 Å². The predicted octanol–water partition coefficient (Wildman–Crippen LogP) is 2.48. The third-order valence-corrected chi connectivity index (χ3v) is 4.88. The maximum atomic E-state index is 10.7. The highest BCUT2D eigenvalue weighted by Gasteiger charge is 2.43. The Morgan fingerprint density at radius 3 is 2.47 bits per heavy atom. The van der Waals surface area contributed by atoms with Crippen LogP contribution < -0.4 is 5.73 Å². The molecule has 2 rings (SSSR count). The first-order chi connectivity index (χ1) is 8.92. The fourth-order valence-corrected chi connectivity index (χ4v) is 3.06. The Morgan fingerprint density at radius 1 is 1.37 bits per heavy atom. The van der Waals surface area contributed by atoms with E-state index in [1.165, 1.54) is 0 Å². The van der Waals surface area contributed by atoms with E-state index in [2.05, 4.69) is 18.9 Å². The summed E-state index contributed by atoms with van der Waals surface area (Å²) in [5.41, 5.74) is 7.14. The minimum Gasteiger partial charge on any atom is -0.388 e. The fourth-order valence-electron chi connectivity index (χ4n) is 3.06. The lowest BCUT2D eigenvalue weighted by molar-refractivity contribution is -0.0236. The molecule has 0 bridgehead atoms. The SMILES string of the molecule is CCn1cc(C(O)C2(CN)CCC(C)(C)CC2)cn1. The van der Waals surface area contributed by atoms with Gasteiger partial charge in [-0.25, -0.2) is 0 Å². The van der Waals surface area contributed by atoms with Crippen molar-refractivity contribution in [2.24, 2.45) is 16.6 Å². The van der Waals surface area contributed by atoms with Crippen LogP contribution in [0.5, 0.6) is 0 Å². The van der Waals surface area contributed by atoms with Gasteiger partial charge in [0, 0.05) is 30.3 Å². The van der Waals surface area contributed by atoms with E-state index in [1.807, 2.05) is 17.8 Å². The van der Waals surface area contributed by atoms with E-state index >= 15 is 0 Å². The van der Waals surface area contributed by atoms with Gasteiger partial charge in [-0.1, -0.05) is 13.8 Å². The molecular weight excluding hydrogens is 238 g/mol. The lowest BCUT2D eigenvalue weighted by atomic mass is 9.62. The Labute approximate surface area is 116 Å². The van der Waals surface area contributed by atoms with E-state index in [1.54, 1.807) is 6.20 Å². The minimum absolute atomic E-state index is 0.170. The van der Waals surface area contributed by atoms with Crippen LogP contribution in [0.15, 0.2) is 12.4 Å². The van der Waals surface area contributed by atoms with E-state index in [9.17, 15) is 5.11 Å². The summed E-state index contributed by atoms with van der Waals surface area (Å²) in [6, 6.07) is 0. The molecule has 4 nitrogen and oxygen atoms in total. The number of aryl methyl sites for hydroxylation is 1. The number of aliphatic hydroxyl groups excluding tert-OH is 1. The first-order valence-electron chi connectivity index (χ1n) is 7.33. The number of nitrogens with two attached hydrogens (primary N) is 1. The van der Waals surface area contributed by atoms with Crippen molar-refractivity contribution in [1.29, 1.82) is 0 Å². The lowest BCUT2D eigenvalue weighted by Crippen LogP contribution is -2.41. The molecule has 1 atom stereocenters. The van der Waals surface area contributed by atoms with Gasteiger partial charge in [0.2, 0.25) is 0 Å². The quantitative estimate of drug-likeness (QED) is 0.879. The molecule has 0 aliphatic heterocycles. The number of hydrogen-bond donors (Lipinski definition) is 2. The molecule has 1 aromatic heterocycles. The number of aliphatic hydroxyl groups is 1. The second kappa shape index (κ2) is 5.25. The van der Waals surface area contributed by atoms with Crippen molar-refractivity contribution >= 4 is 0 Å². The molecule has 1 aliphatic rings. The molecule has 1 aliphatic carbocycles. The van der Waals surface area contributed by atoms with Crippen LogP contribution in [-0.2, 0) is 6.54 Å². The molecule has 0 aromatic carbocycles. The Kier molecular flexibility index (Phi) is 4.02.